The van der Waals surface area contributed by atoms with Crippen LogP contribution >= 0.6 is 11.8 Å². The van der Waals surface area contributed by atoms with Crippen LogP contribution in [0, 0.1) is 5.92 Å². The van der Waals surface area contributed by atoms with Crippen molar-refractivity contribution in [1.29, 1.82) is 0 Å². The fourth-order valence-corrected chi connectivity index (χ4v) is 2.58. The number of nitrogens with one attached hydrogen (secondary N) is 1. The van der Waals surface area contributed by atoms with Gasteiger partial charge in [0.15, 0.2) is 5.17 Å². The lowest BCUT2D eigenvalue weighted by atomic mass is 10.2. The van der Waals surface area contributed by atoms with Gasteiger partial charge in [-0.25, -0.2) is 0 Å². The minimum Gasteiger partial charge on any atom is -0.365 e. The summed E-state index contributed by atoms with van der Waals surface area (Å²) in [5.41, 5.74) is 0. The van der Waals surface area contributed by atoms with Crippen molar-refractivity contribution in [2.24, 2.45) is 10.9 Å². The van der Waals surface area contributed by atoms with Gasteiger partial charge in [-0.05, 0) is 12.3 Å². The van der Waals surface area contributed by atoms with E-state index >= 15 is 0 Å². The predicted octanol–water partition coefficient (Wildman–Crippen LogP) is 1.47. The molecule has 3 nitrogen and oxygen atoms in total. The molecular weight excluding hydrogens is 228 g/mol. The molecule has 0 spiro atoms. The standard InChI is InChI=1S/C10H20N2OS2/c1-8-6-12-10(14-7-8)11-5-4-9(2)15(3)13/h8-9H,4-7H2,1-3H3,(H,11,12). The molecule has 0 saturated carbocycles. The Kier molecular flexibility index (Phi) is 5.68. The zero-order valence-electron chi connectivity index (χ0n) is 9.66. The van der Waals surface area contributed by atoms with Gasteiger partial charge in [0.25, 0.3) is 0 Å². The Morgan fingerprint density at radius 1 is 1.73 bits per heavy atom. The predicted molar refractivity (Wildman–Crippen MR) is 70.1 cm³/mol. The molecular formula is C10H20N2OS2. The summed E-state index contributed by atoms with van der Waals surface area (Å²) in [6.45, 7) is 6.05. The van der Waals surface area contributed by atoms with Gasteiger partial charge in [-0.15, -0.1) is 0 Å². The van der Waals surface area contributed by atoms with Crippen LogP contribution in [0.5, 0.6) is 0 Å². The second-order valence-electron chi connectivity index (χ2n) is 4.09. The van der Waals surface area contributed by atoms with E-state index in [1.165, 1.54) is 0 Å². The Bertz CT molecular complexity index is 256. The summed E-state index contributed by atoms with van der Waals surface area (Å²) in [4.78, 5) is 4.44. The lowest BCUT2D eigenvalue weighted by Gasteiger charge is -2.18. The molecule has 1 aliphatic rings. The average molecular weight is 248 g/mol. The van der Waals surface area contributed by atoms with Crippen molar-refractivity contribution in [1.82, 2.24) is 5.32 Å². The van der Waals surface area contributed by atoms with E-state index in [1.807, 2.05) is 6.92 Å². The van der Waals surface area contributed by atoms with Gasteiger partial charge in [-0.2, -0.15) is 0 Å². The van der Waals surface area contributed by atoms with Crippen molar-refractivity contribution in [3.8, 4) is 0 Å². The molecule has 0 bridgehead atoms. The lowest BCUT2D eigenvalue weighted by molar-refractivity contribution is 0.659. The first kappa shape index (κ1) is 13.0. The summed E-state index contributed by atoms with van der Waals surface area (Å²) in [5, 5.41) is 4.63. The third kappa shape index (κ3) is 5.02. The second kappa shape index (κ2) is 6.53. The van der Waals surface area contributed by atoms with Crippen LogP contribution in [0.2, 0.25) is 0 Å². The third-order valence-electron chi connectivity index (χ3n) is 2.44. The Morgan fingerprint density at radius 3 is 3.00 bits per heavy atom. The van der Waals surface area contributed by atoms with Gasteiger partial charge < -0.3 is 5.32 Å². The lowest BCUT2D eigenvalue weighted by Crippen LogP contribution is -2.29. The highest BCUT2D eigenvalue weighted by atomic mass is 32.2. The van der Waals surface area contributed by atoms with Crippen molar-refractivity contribution in [2.75, 3.05) is 25.1 Å². The zero-order valence-corrected chi connectivity index (χ0v) is 11.3. The monoisotopic (exact) mass is 248 g/mol. The Labute approximate surface area is 99.0 Å². The molecule has 1 aliphatic heterocycles. The van der Waals surface area contributed by atoms with Crippen LogP contribution in [0.15, 0.2) is 4.99 Å². The average Bonchev–Trinajstić information content (AvgIpc) is 2.20. The van der Waals surface area contributed by atoms with Gasteiger partial charge in [0.1, 0.15) is 0 Å². The number of rotatable bonds is 4. The highest BCUT2D eigenvalue weighted by molar-refractivity contribution is 8.13. The second-order valence-corrected chi connectivity index (χ2v) is 6.90. The topological polar surface area (TPSA) is 41.5 Å². The molecule has 0 amide bonds. The maximum absolute atomic E-state index is 11.1. The first-order valence-electron chi connectivity index (χ1n) is 5.33. The van der Waals surface area contributed by atoms with Gasteiger partial charge in [-0.1, -0.05) is 25.6 Å². The molecule has 0 fully saturated rings. The smallest absolute Gasteiger partial charge is 0.156 e. The van der Waals surface area contributed by atoms with Gasteiger partial charge in [-0.3, -0.25) is 9.20 Å². The molecule has 1 rings (SSSR count). The minimum absolute atomic E-state index is 0.269. The normalized spacial score (nSPS) is 25.5. The molecule has 88 valence electrons. The quantitative estimate of drug-likeness (QED) is 0.819. The van der Waals surface area contributed by atoms with Crippen molar-refractivity contribution in [3.05, 3.63) is 0 Å². The van der Waals surface area contributed by atoms with Crippen LogP contribution in [-0.4, -0.2) is 39.7 Å². The van der Waals surface area contributed by atoms with Crippen molar-refractivity contribution < 1.29 is 4.21 Å². The van der Waals surface area contributed by atoms with Gasteiger partial charge >= 0.3 is 0 Å². The van der Waals surface area contributed by atoms with E-state index in [0.29, 0.717) is 5.92 Å². The first-order valence-corrected chi connectivity index (χ1v) is 7.93. The maximum Gasteiger partial charge on any atom is 0.156 e. The highest BCUT2D eigenvalue weighted by Crippen LogP contribution is 2.15. The molecule has 0 aromatic rings. The number of nitrogens with zero attached hydrogens (tertiary/aromatic N) is 1. The molecule has 3 atom stereocenters. The molecule has 3 unspecified atom stereocenters. The fraction of sp³-hybridized carbons (Fsp3) is 0.900. The summed E-state index contributed by atoms with van der Waals surface area (Å²) < 4.78 is 11.1. The van der Waals surface area contributed by atoms with Crippen molar-refractivity contribution in [2.45, 2.75) is 25.5 Å². The van der Waals surface area contributed by atoms with Gasteiger partial charge in [0, 0.05) is 41.1 Å². The Balaban J connectivity index is 2.18. The highest BCUT2D eigenvalue weighted by Gasteiger charge is 2.12. The van der Waals surface area contributed by atoms with Crippen LogP contribution in [-0.2, 0) is 10.8 Å². The summed E-state index contributed by atoms with van der Waals surface area (Å²) in [5.74, 6) is 1.85. The molecule has 1 heterocycles. The number of hydrogen-bond acceptors (Lipinski definition) is 4. The number of aliphatic imine (C=N–C) groups is 1. The molecule has 15 heavy (non-hydrogen) atoms. The molecule has 5 heteroatoms. The van der Waals surface area contributed by atoms with E-state index in [-0.39, 0.29) is 5.25 Å². The van der Waals surface area contributed by atoms with Crippen LogP contribution in [0.25, 0.3) is 0 Å². The van der Waals surface area contributed by atoms with Crippen LogP contribution in [0.4, 0.5) is 0 Å². The van der Waals surface area contributed by atoms with E-state index in [9.17, 15) is 4.21 Å². The van der Waals surface area contributed by atoms with E-state index in [1.54, 1.807) is 18.0 Å². The summed E-state index contributed by atoms with van der Waals surface area (Å²) in [6.07, 6.45) is 2.71. The van der Waals surface area contributed by atoms with Crippen LogP contribution < -0.4 is 5.32 Å². The van der Waals surface area contributed by atoms with Crippen LogP contribution in [0.1, 0.15) is 20.3 Å². The SMILES string of the molecule is CC1CN=C(NCCC(C)S(C)=O)SC1. The summed E-state index contributed by atoms with van der Waals surface area (Å²) in [6, 6.07) is 0. The zero-order chi connectivity index (χ0) is 11.3. The molecule has 0 aliphatic carbocycles. The molecule has 0 radical (unpaired) electrons. The molecule has 1 N–H and O–H groups in total. The first-order chi connectivity index (χ1) is 7.09. The van der Waals surface area contributed by atoms with E-state index in [4.69, 9.17) is 0 Å². The van der Waals surface area contributed by atoms with E-state index < -0.39 is 10.8 Å². The Morgan fingerprint density at radius 2 is 2.47 bits per heavy atom. The Hall–Kier alpha value is -0.0300. The summed E-state index contributed by atoms with van der Waals surface area (Å²) in [7, 11) is -0.709. The third-order valence-corrected chi connectivity index (χ3v) is 5.10. The largest absolute Gasteiger partial charge is 0.365 e. The van der Waals surface area contributed by atoms with Crippen LogP contribution in [0.3, 0.4) is 0 Å². The summed E-state index contributed by atoms with van der Waals surface area (Å²) >= 11 is 1.79. The molecule has 0 saturated heterocycles. The van der Waals surface area contributed by atoms with Crippen molar-refractivity contribution >= 4 is 27.7 Å². The number of thioether (sulfide) groups is 1. The molecule has 0 aromatic carbocycles. The maximum atomic E-state index is 11.1. The number of amidine groups is 1. The van der Waals surface area contributed by atoms with Crippen molar-refractivity contribution in [3.63, 3.8) is 0 Å². The van der Waals surface area contributed by atoms with E-state index in [0.717, 1.165) is 30.4 Å². The molecule has 0 aromatic heterocycles. The van der Waals surface area contributed by atoms with E-state index in [2.05, 4.69) is 17.2 Å². The van der Waals surface area contributed by atoms with Gasteiger partial charge in [0.2, 0.25) is 0 Å². The fourth-order valence-electron chi connectivity index (χ4n) is 1.21. The minimum atomic E-state index is -0.709. The number of hydrogen-bond donors (Lipinski definition) is 1. The van der Waals surface area contributed by atoms with Gasteiger partial charge in [0.05, 0.1) is 0 Å².